The molecule has 1 heterocycles. The van der Waals surface area contributed by atoms with Crippen LogP contribution in [0.4, 0.5) is 0 Å². The van der Waals surface area contributed by atoms with E-state index in [0.717, 1.165) is 25.4 Å². The fourth-order valence-electron chi connectivity index (χ4n) is 1.72. The van der Waals surface area contributed by atoms with Gasteiger partial charge in [0.15, 0.2) is 0 Å². The molecular formula is C9H19NO. The molecule has 66 valence electrons. The van der Waals surface area contributed by atoms with Crippen molar-refractivity contribution in [1.29, 1.82) is 0 Å². The van der Waals surface area contributed by atoms with Crippen molar-refractivity contribution in [1.82, 2.24) is 5.32 Å². The predicted octanol–water partition coefficient (Wildman–Crippen LogP) is 1.15. The Labute approximate surface area is 69.0 Å². The van der Waals surface area contributed by atoms with E-state index in [1.807, 2.05) is 0 Å². The zero-order valence-electron chi connectivity index (χ0n) is 7.34. The van der Waals surface area contributed by atoms with Crippen LogP contribution in [-0.2, 0) is 0 Å². The van der Waals surface area contributed by atoms with Crippen LogP contribution in [0.25, 0.3) is 0 Å². The van der Waals surface area contributed by atoms with Gasteiger partial charge in [0.2, 0.25) is 0 Å². The van der Waals surface area contributed by atoms with Gasteiger partial charge in [-0.05, 0) is 25.3 Å². The van der Waals surface area contributed by atoms with Crippen molar-refractivity contribution in [2.24, 2.45) is 5.92 Å². The molecule has 1 aliphatic heterocycles. The lowest BCUT2D eigenvalue weighted by Gasteiger charge is -2.26. The van der Waals surface area contributed by atoms with Crippen LogP contribution in [0.1, 0.15) is 32.6 Å². The second-order valence-corrected chi connectivity index (χ2v) is 3.56. The van der Waals surface area contributed by atoms with Gasteiger partial charge in [-0.15, -0.1) is 0 Å². The molecule has 0 aromatic heterocycles. The van der Waals surface area contributed by atoms with Gasteiger partial charge < -0.3 is 10.4 Å². The lowest BCUT2D eigenvalue weighted by atomic mass is 9.93. The van der Waals surface area contributed by atoms with Crippen LogP contribution in [0.15, 0.2) is 0 Å². The molecule has 11 heavy (non-hydrogen) atoms. The third-order valence-electron chi connectivity index (χ3n) is 2.38. The molecule has 0 aromatic rings. The van der Waals surface area contributed by atoms with E-state index in [1.165, 1.54) is 19.3 Å². The summed E-state index contributed by atoms with van der Waals surface area (Å²) < 4.78 is 0. The number of aliphatic hydroxyl groups excluding tert-OH is 1. The first-order chi connectivity index (χ1) is 5.33. The van der Waals surface area contributed by atoms with Crippen LogP contribution in [0.3, 0.4) is 0 Å². The maximum atomic E-state index is 9.32. The lowest BCUT2D eigenvalue weighted by Crippen LogP contribution is -2.39. The normalized spacial score (nSPS) is 32.2. The number of nitrogens with one attached hydrogen (secondary N) is 1. The van der Waals surface area contributed by atoms with Gasteiger partial charge in [0.1, 0.15) is 0 Å². The number of rotatable bonds is 3. The molecule has 1 rings (SSSR count). The Morgan fingerprint density at radius 3 is 2.91 bits per heavy atom. The summed E-state index contributed by atoms with van der Waals surface area (Å²) in [5, 5.41) is 12.6. The molecule has 1 saturated heterocycles. The van der Waals surface area contributed by atoms with E-state index < -0.39 is 0 Å². The van der Waals surface area contributed by atoms with Crippen molar-refractivity contribution in [2.45, 2.75) is 38.7 Å². The van der Waals surface area contributed by atoms with Crippen LogP contribution in [-0.4, -0.2) is 24.3 Å². The molecule has 0 aliphatic carbocycles. The predicted molar refractivity (Wildman–Crippen MR) is 46.5 cm³/mol. The van der Waals surface area contributed by atoms with Gasteiger partial charge in [0, 0.05) is 6.54 Å². The minimum atomic E-state index is -0.0920. The molecule has 2 atom stereocenters. The summed E-state index contributed by atoms with van der Waals surface area (Å²) >= 11 is 0. The van der Waals surface area contributed by atoms with E-state index in [1.54, 1.807) is 0 Å². The molecule has 0 saturated carbocycles. The van der Waals surface area contributed by atoms with Crippen molar-refractivity contribution in [3.8, 4) is 0 Å². The molecule has 0 unspecified atom stereocenters. The Balaban J connectivity index is 2.12. The Morgan fingerprint density at radius 2 is 2.27 bits per heavy atom. The Morgan fingerprint density at radius 1 is 1.45 bits per heavy atom. The van der Waals surface area contributed by atoms with E-state index in [-0.39, 0.29) is 6.10 Å². The summed E-state index contributed by atoms with van der Waals surface area (Å²) in [5.41, 5.74) is 0. The SMILES string of the molecule is CCCC[C@@H]1CNC[C@H](O)C1. The molecule has 0 spiro atoms. The van der Waals surface area contributed by atoms with Gasteiger partial charge >= 0.3 is 0 Å². The molecule has 2 heteroatoms. The molecule has 0 aromatic carbocycles. The summed E-state index contributed by atoms with van der Waals surface area (Å²) in [4.78, 5) is 0. The Hall–Kier alpha value is -0.0800. The Bertz CT molecular complexity index is 106. The number of hydrogen-bond donors (Lipinski definition) is 2. The average molecular weight is 157 g/mol. The van der Waals surface area contributed by atoms with Crippen LogP contribution in [0, 0.1) is 5.92 Å². The highest BCUT2D eigenvalue weighted by atomic mass is 16.3. The van der Waals surface area contributed by atoms with E-state index in [0.29, 0.717) is 0 Å². The van der Waals surface area contributed by atoms with Crippen LogP contribution in [0.2, 0.25) is 0 Å². The minimum absolute atomic E-state index is 0.0920. The quantitative estimate of drug-likeness (QED) is 0.644. The third kappa shape index (κ3) is 3.21. The second kappa shape index (κ2) is 4.73. The maximum absolute atomic E-state index is 9.32. The molecule has 0 amide bonds. The smallest absolute Gasteiger partial charge is 0.0667 e. The summed E-state index contributed by atoms with van der Waals surface area (Å²) in [5.74, 6) is 0.721. The van der Waals surface area contributed by atoms with Gasteiger partial charge in [0.25, 0.3) is 0 Å². The van der Waals surface area contributed by atoms with Crippen LogP contribution in [0.5, 0.6) is 0 Å². The summed E-state index contributed by atoms with van der Waals surface area (Å²) in [6.45, 7) is 4.12. The summed E-state index contributed by atoms with van der Waals surface area (Å²) in [6, 6.07) is 0. The van der Waals surface area contributed by atoms with Gasteiger partial charge in [-0.3, -0.25) is 0 Å². The van der Waals surface area contributed by atoms with Gasteiger partial charge in [-0.2, -0.15) is 0 Å². The van der Waals surface area contributed by atoms with Crippen molar-refractivity contribution < 1.29 is 5.11 Å². The highest BCUT2D eigenvalue weighted by Gasteiger charge is 2.18. The summed E-state index contributed by atoms with van der Waals surface area (Å²) in [7, 11) is 0. The van der Waals surface area contributed by atoms with Gasteiger partial charge in [-0.1, -0.05) is 19.8 Å². The van der Waals surface area contributed by atoms with Crippen molar-refractivity contribution in [2.75, 3.05) is 13.1 Å². The fraction of sp³-hybridized carbons (Fsp3) is 1.00. The molecule has 1 aliphatic rings. The van der Waals surface area contributed by atoms with E-state index >= 15 is 0 Å². The monoisotopic (exact) mass is 157 g/mol. The number of β-amino-alcohol motifs (C(OH)–C–C–N with tert-alkyl or cyclic N) is 1. The highest BCUT2D eigenvalue weighted by molar-refractivity contribution is 4.74. The molecule has 2 N–H and O–H groups in total. The largest absolute Gasteiger partial charge is 0.392 e. The lowest BCUT2D eigenvalue weighted by molar-refractivity contribution is 0.111. The molecule has 0 radical (unpaired) electrons. The topological polar surface area (TPSA) is 32.3 Å². The van der Waals surface area contributed by atoms with Crippen molar-refractivity contribution >= 4 is 0 Å². The molecule has 0 bridgehead atoms. The molecule has 1 fully saturated rings. The Kier molecular flexibility index (Phi) is 3.87. The first-order valence-electron chi connectivity index (χ1n) is 4.71. The van der Waals surface area contributed by atoms with E-state index in [4.69, 9.17) is 0 Å². The van der Waals surface area contributed by atoms with Gasteiger partial charge in [0.05, 0.1) is 6.10 Å². The number of piperidine rings is 1. The van der Waals surface area contributed by atoms with Gasteiger partial charge in [-0.25, -0.2) is 0 Å². The molecule has 2 nitrogen and oxygen atoms in total. The van der Waals surface area contributed by atoms with Crippen molar-refractivity contribution in [3.63, 3.8) is 0 Å². The minimum Gasteiger partial charge on any atom is -0.392 e. The third-order valence-corrected chi connectivity index (χ3v) is 2.38. The standard InChI is InChI=1S/C9H19NO/c1-2-3-4-8-5-9(11)7-10-6-8/h8-11H,2-7H2,1H3/t8-,9+/m0/s1. The maximum Gasteiger partial charge on any atom is 0.0667 e. The highest BCUT2D eigenvalue weighted by Crippen LogP contribution is 2.16. The zero-order valence-corrected chi connectivity index (χ0v) is 7.34. The zero-order chi connectivity index (χ0) is 8.10. The van der Waals surface area contributed by atoms with Crippen LogP contribution < -0.4 is 5.32 Å². The first-order valence-corrected chi connectivity index (χ1v) is 4.71. The van der Waals surface area contributed by atoms with Crippen molar-refractivity contribution in [3.05, 3.63) is 0 Å². The number of hydrogen-bond acceptors (Lipinski definition) is 2. The van der Waals surface area contributed by atoms with Crippen LogP contribution >= 0.6 is 0 Å². The average Bonchev–Trinajstić information content (AvgIpc) is 2.01. The number of unbranched alkanes of at least 4 members (excludes halogenated alkanes) is 1. The summed E-state index contributed by atoms with van der Waals surface area (Å²) in [6.07, 6.45) is 4.77. The first kappa shape index (κ1) is 9.01. The fourth-order valence-corrected chi connectivity index (χ4v) is 1.72. The van der Waals surface area contributed by atoms with E-state index in [2.05, 4.69) is 12.2 Å². The molecular weight excluding hydrogens is 138 g/mol. The number of aliphatic hydroxyl groups is 1. The second-order valence-electron chi connectivity index (χ2n) is 3.56. The van der Waals surface area contributed by atoms with E-state index in [9.17, 15) is 5.11 Å².